The molecule has 12 heteroatoms. The van der Waals surface area contributed by atoms with E-state index in [0.29, 0.717) is 17.6 Å². The third-order valence-electron chi connectivity index (χ3n) is 5.69. The van der Waals surface area contributed by atoms with Crippen LogP contribution in [-0.4, -0.2) is 46.7 Å². The molecule has 0 fully saturated rings. The zero-order chi connectivity index (χ0) is 27.4. The number of nitrogens with one attached hydrogen (secondary N) is 2. The lowest BCUT2D eigenvalue weighted by Crippen LogP contribution is -2.32. The van der Waals surface area contributed by atoms with E-state index < -0.39 is 23.8 Å². The van der Waals surface area contributed by atoms with E-state index >= 15 is 0 Å². The van der Waals surface area contributed by atoms with Crippen LogP contribution in [0.5, 0.6) is 0 Å². The van der Waals surface area contributed by atoms with Crippen molar-refractivity contribution in [3.8, 4) is 11.6 Å². The van der Waals surface area contributed by atoms with Gasteiger partial charge in [-0.2, -0.15) is 13.2 Å². The number of anilines is 2. The summed E-state index contributed by atoms with van der Waals surface area (Å²) in [5, 5.41) is 13.5. The third kappa shape index (κ3) is 5.70. The van der Waals surface area contributed by atoms with Crippen molar-refractivity contribution >= 4 is 29.4 Å². The molecule has 9 nitrogen and oxygen atoms in total. The summed E-state index contributed by atoms with van der Waals surface area (Å²) < 4.78 is 50.4. The summed E-state index contributed by atoms with van der Waals surface area (Å²) in [5.41, 5.74) is 1.87. The van der Waals surface area contributed by atoms with Crippen molar-refractivity contribution in [3.63, 3.8) is 0 Å². The maximum Gasteiger partial charge on any atom is 0.417 e. The van der Waals surface area contributed by atoms with Crippen LogP contribution in [0.4, 0.5) is 24.9 Å². The van der Waals surface area contributed by atoms with Gasteiger partial charge in [-0.25, -0.2) is 9.98 Å². The summed E-state index contributed by atoms with van der Waals surface area (Å²) in [6.07, 6.45) is -2.10. The molecule has 1 atom stereocenters. The second kappa shape index (κ2) is 10.9. The fraction of sp³-hybridized carbons (Fsp3) is 0.148. The maximum atomic E-state index is 13.3. The van der Waals surface area contributed by atoms with E-state index in [2.05, 4.69) is 30.8 Å². The van der Waals surface area contributed by atoms with Gasteiger partial charge in [0.15, 0.2) is 0 Å². The first-order chi connectivity index (χ1) is 18.8. The van der Waals surface area contributed by atoms with Crippen molar-refractivity contribution in [3.05, 3.63) is 95.2 Å². The molecular formula is C27H21F3N6O3. The predicted octanol–water partition coefficient (Wildman–Crippen LogP) is 5.04. The van der Waals surface area contributed by atoms with Crippen molar-refractivity contribution in [2.45, 2.75) is 12.3 Å². The van der Waals surface area contributed by atoms with Crippen LogP contribution in [0.1, 0.15) is 22.3 Å². The number of pyridine rings is 1. The third-order valence-corrected chi connectivity index (χ3v) is 5.69. The average Bonchev–Trinajstić information content (AvgIpc) is 3.34. The summed E-state index contributed by atoms with van der Waals surface area (Å²) in [6, 6.07) is 17.4. The van der Waals surface area contributed by atoms with Gasteiger partial charge >= 0.3 is 12.2 Å². The van der Waals surface area contributed by atoms with Crippen molar-refractivity contribution in [2.75, 3.05) is 24.4 Å². The molecule has 0 unspecified atom stereocenters. The molecule has 0 spiro atoms. The quantitative estimate of drug-likeness (QED) is 0.342. The van der Waals surface area contributed by atoms with Gasteiger partial charge in [-0.05, 0) is 12.1 Å². The molecule has 0 saturated carbocycles. The molecule has 0 aliphatic carbocycles. The highest BCUT2D eigenvalue weighted by Gasteiger charge is 2.32. The first-order valence-corrected chi connectivity index (χ1v) is 11.7. The molecule has 1 amide bonds. The van der Waals surface area contributed by atoms with E-state index in [-0.39, 0.29) is 29.8 Å². The number of amides is 1. The summed E-state index contributed by atoms with van der Waals surface area (Å²) in [6.45, 7) is 0.174. The lowest BCUT2D eigenvalue weighted by molar-refractivity contribution is -0.137. The van der Waals surface area contributed by atoms with Crippen LogP contribution in [0.2, 0.25) is 0 Å². The standard InChI is InChI=1S/C27H21F3N6O3/c1-38-13-7-10-17-14-18(27(28,29)30)15-31-22(17)25-35-36-26(39-25)34-23-24(37)32-20-12-6-5-11-19(20)21(33-23)16-8-3-2-4-9-16/h2-12,14-15,23H,13H2,1H3,(H,32,37)(H,34,36)/b10-7+/t23-/m1/s1. The number of carbonyl (C=O) groups excluding carboxylic acids is 1. The van der Waals surface area contributed by atoms with E-state index in [1.54, 1.807) is 12.1 Å². The fourth-order valence-corrected chi connectivity index (χ4v) is 3.89. The highest BCUT2D eigenvalue weighted by Crippen LogP contribution is 2.33. The predicted molar refractivity (Wildman–Crippen MR) is 138 cm³/mol. The van der Waals surface area contributed by atoms with Gasteiger partial charge in [-0.15, -0.1) is 5.10 Å². The van der Waals surface area contributed by atoms with Gasteiger partial charge < -0.3 is 19.8 Å². The normalized spacial score (nSPS) is 15.4. The number of para-hydroxylation sites is 1. The topological polar surface area (TPSA) is 115 Å². The second-order valence-corrected chi connectivity index (χ2v) is 8.36. The van der Waals surface area contributed by atoms with E-state index in [9.17, 15) is 18.0 Å². The largest absolute Gasteiger partial charge is 0.417 e. The lowest BCUT2D eigenvalue weighted by atomic mass is 10.0. The number of alkyl halides is 3. The minimum atomic E-state index is -4.59. The maximum absolute atomic E-state index is 13.3. The van der Waals surface area contributed by atoms with E-state index in [4.69, 9.17) is 9.15 Å². The smallest absolute Gasteiger partial charge is 0.402 e. The Balaban J connectivity index is 1.48. The number of benzene rings is 2. The van der Waals surface area contributed by atoms with Crippen LogP contribution in [0.3, 0.4) is 0 Å². The monoisotopic (exact) mass is 534 g/mol. The number of methoxy groups -OCH3 is 1. The highest BCUT2D eigenvalue weighted by molar-refractivity contribution is 6.19. The molecule has 3 heterocycles. The molecule has 2 aromatic carbocycles. The number of hydrogen-bond acceptors (Lipinski definition) is 8. The van der Waals surface area contributed by atoms with Crippen molar-refractivity contribution < 1.29 is 27.1 Å². The van der Waals surface area contributed by atoms with Gasteiger partial charge in [0.25, 0.3) is 11.8 Å². The number of ether oxygens (including phenoxy) is 1. The van der Waals surface area contributed by atoms with Crippen LogP contribution in [-0.2, 0) is 15.7 Å². The number of hydrogen-bond donors (Lipinski definition) is 2. The average molecular weight is 534 g/mol. The van der Waals surface area contributed by atoms with Crippen LogP contribution >= 0.6 is 0 Å². The number of aliphatic imine (C=N–C) groups is 1. The summed E-state index contributed by atoms with van der Waals surface area (Å²) in [7, 11) is 1.46. The Kier molecular flexibility index (Phi) is 7.19. The number of carbonyl (C=O) groups is 1. The van der Waals surface area contributed by atoms with Gasteiger partial charge in [0.2, 0.25) is 6.17 Å². The lowest BCUT2D eigenvalue weighted by Gasteiger charge is -2.11. The number of rotatable bonds is 7. The Morgan fingerprint density at radius 2 is 1.87 bits per heavy atom. The molecule has 1 aliphatic rings. The molecule has 0 bridgehead atoms. The van der Waals surface area contributed by atoms with Crippen LogP contribution in [0.25, 0.3) is 17.7 Å². The molecule has 1 aliphatic heterocycles. The van der Waals surface area contributed by atoms with Gasteiger partial charge in [0.1, 0.15) is 5.69 Å². The summed E-state index contributed by atoms with van der Waals surface area (Å²) in [5.74, 6) is -0.614. The molecule has 2 N–H and O–H groups in total. The zero-order valence-corrected chi connectivity index (χ0v) is 20.4. The van der Waals surface area contributed by atoms with Gasteiger partial charge in [0.05, 0.1) is 23.6 Å². The SMILES string of the molecule is COC/C=C/c1cc(C(F)(F)F)cnc1-c1nnc(N[C@H]2N=C(c3ccccc3)c3ccccc3NC2=O)o1. The number of nitrogens with zero attached hydrogens (tertiary/aromatic N) is 4. The molecular weight excluding hydrogens is 513 g/mol. The Labute approximate surface area is 220 Å². The molecule has 198 valence electrons. The first kappa shape index (κ1) is 25.8. The molecule has 4 aromatic rings. The number of fused-ring (bicyclic) bond motifs is 1. The van der Waals surface area contributed by atoms with Crippen LogP contribution in [0.15, 0.2) is 82.3 Å². The zero-order valence-electron chi connectivity index (χ0n) is 20.4. The van der Waals surface area contributed by atoms with Gasteiger partial charge in [-0.3, -0.25) is 4.79 Å². The molecule has 5 rings (SSSR count). The minimum Gasteiger partial charge on any atom is -0.402 e. The van der Waals surface area contributed by atoms with E-state index in [1.165, 1.54) is 19.3 Å². The van der Waals surface area contributed by atoms with Crippen molar-refractivity contribution in [1.29, 1.82) is 0 Å². The molecule has 2 aromatic heterocycles. The first-order valence-electron chi connectivity index (χ1n) is 11.7. The van der Waals surface area contributed by atoms with Crippen molar-refractivity contribution in [1.82, 2.24) is 15.2 Å². The van der Waals surface area contributed by atoms with Crippen LogP contribution < -0.4 is 10.6 Å². The van der Waals surface area contributed by atoms with Gasteiger partial charge in [-0.1, -0.05) is 65.8 Å². The Morgan fingerprint density at radius 1 is 1.10 bits per heavy atom. The summed E-state index contributed by atoms with van der Waals surface area (Å²) in [4.78, 5) is 21.6. The van der Waals surface area contributed by atoms with Crippen molar-refractivity contribution in [2.24, 2.45) is 4.99 Å². The fourth-order valence-electron chi connectivity index (χ4n) is 3.89. The molecule has 0 radical (unpaired) electrons. The Hall–Kier alpha value is -4.84. The van der Waals surface area contributed by atoms with Crippen LogP contribution in [0, 0.1) is 0 Å². The second-order valence-electron chi connectivity index (χ2n) is 8.36. The number of benzodiazepines with no additional fused rings is 1. The molecule has 0 saturated heterocycles. The summed E-state index contributed by atoms with van der Waals surface area (Å²) >= 11 is 0. The molecule has 39 heavy (non-hydrogen) atoms. The van der Waals surface area contributed by atoms with E-state index in [1.807, 2.05) is 42.5 Å². The van der Waals surface area contributed by atoms with E-state index in [0.717, 1.165) is 17.2 Å². The number of halogens is 3. The Bertz CT molecular complexity index is 1550. The van der Waals surface area contributed by atoms with Gasteiger partial charge in [0, 0.05) is 30.0 Å². The number of aromatic nitrogens is 3. The Morgan fingerprint density at radius 3 is 2.64 bits per heavy atom. The highest BCUT2D eigenvalue weighted by atomic mass is 19.4. The minimum absolute atomic E-state index is 0.0297.